The van der Waals surface area contributed by atoms with E-state index < -0.39 is 23.8 Å². The van der Waals surface area contributed by atoms with E-state index in [1.807, 2.05) is 52.0 Å². The Kier molecular flexibility index (Phi) is 6.21. The number of piperidine rings is 1. The van der Waals surface area contributed by atoms with Crippen LogP contribution in [0.2, 0.25) is 0 Å². The molecule has 0 radical (unpaired) electrons. The number of allylic oxidation sites excluding steroid dienone is 1. The Labute approximate surface area is 178 Å². The molecule has 1 saturated heterocycles. The molecule has 1 aromatic rings. The number of rotatable bonds is 5. The third kappa shape index (κ3) is 4.84. The first-order chi connectivity index (χ1) is 14.1. The topological polar surface area (TPSA) is 82.4 Å². The van der Waals surface area contributed by atoms with Gasteiger partial charge in [-0.15, -0.1) is 0 Å². The average molecular weight is 410 g/mol. The van der Waals surface area contributed by atoms with Crippen molar-refractivity contribution in [1.82, 2.24) is 10.2 Å². The van der Waals surface area contributed by atoms with Crippen LogP contribution in [0.1, 0.15) is 58.1 Å². The average Bonchev–Trinajstić information content (AvgIpc) is 3.28. The second-order valence-electron chi connectivity index (χ2n) is 9.43. The van der Waals surface area contributed by atoms with Crippen molar-refractivity contribution < 1.29 is 14.3 Å². The lowest BCUT2D eigenvalue weighted by Gasteiger charge is -2.35. The molecular weight excluding hydrogens is 378 g/mol. The molecule has 2 bridgehead atoms. The van der Waals surface area contributed by atoms with Gasteiger partial charge in [-0.3, -0.25) is 9.69 Å². The lowest BCUT2D eigenvalue weighted by molar-refractivity contribution is -0.128. The van der Waals surface area contributed by atoms with Crippen LogP contribution in [0, 0.1) is 17.2 Å². The summed E-state index contributed by atoms with van der Waals surface area (Å²) >= 11 is 0. The number of hydrogen-bond donors (Lipinski definition) is 1. The fourth-order valence-corrected chi connectivity index (χ4v) is 4.45. The third-order valence-electron chi connectivity index (χ3n) is 5.82. The molecular formula is C24H31N3O3. The van der Waals surface area contributed by atoms with Gasteiger partial charge in [0, 0.05) is 12.5 Å². The summed E-state index contributed by atoms with van der Waals surface area (Å²) in [6.07, 6.45) is 2.59. The summed E-state index contributed by atoms with van der Waals surface area (Å²) < 4.78 is 5.55. The van der Waals surface area contributed by atoms with E-state index in [1.165, 1.54) is 0 Å². The van der Waals surface area contributed by atoms with Gasteiger partial charge in [-0.2, -0.15) is 5.26 Å². The van der Waals surface area contributed by atoms with E-state index in [1.54, 1.807) is 4.90 Å². The van der Waals surface area contributed by atoms with E-state index in [-0.39, 0.29) is 17.9 Å². The van der Waals surface area contributed by atoms with Gasteiger partial charge in [0.25, 0.3) is 0 Å². The summed E-state index contributed by atoms with van der Waals surface area (Å²) in [6.45, 7) is 11.3. The van der Waals surface area contributed by atoms with Gasteiger partial charge >= 0.3 is 6.09 Å². The van der Waals surface area contributed by atoms with Gasteiger partial charge in [-0.1, -0.05) is 36.4 Å². The Morgan fingerprint density at radius 3 is 2.53 bits per heavy atom. The van der Waals surface area contributed by atoms with Crippen LogP contribution < -0.4 is 5.32 Å². The number of nitrogens with zero attached hydrogens (tertiary/aromatic N) is 2. The lowest BCUT2D eigenvalue weighted by Crippen LogP contribution is -2.55. The number of likely N-dealkylation sites (tertiary alicyclic amines) is 1. The zero-order valence-corrected chi connectivity index (χ0v) is 18.3. The van der Waals surface area contributed by atoms with Crippen LogP contribution in [0.15, 0.2) is 30.8 Å². The van der Waals surface area contributed by atoms with Crippen molar-refractivity contribution in [2.45, 2.75) is 77.1 Å². The second kappa shape index (κ2) is 8.51. The standard InChI is InChI=1S/C24H31N3O3/c1-15(2)17-8-6-16(7-9-17)12-19(14-25)26-22(28)21-18-10-11-20(13-18)27(21)23(29)30-24(3,4)5/h6-9,18-21H,1,10-13H2,2-5H3,(H,26,28). The van der Waals surface area contributed by atoms with Crippen LogP contribution in [0.3, 0.4) is 0 Å². The van der Waals surface area contributed by atoms with Gasteiger partial charge in [0.2, 0.25) is 5.91 Å². The van der Waals surface area contributed by atoms with Crippen LogP contribution >= 0.6 is 0 Å². The first kappa shape index (κ1) is 21.9. The molecule has 6 nitrogen and oxygen atoms in total. The highest BCUT2D eigenvalue weighted by Crippen LogP contribution is 2.43. The molecule has 2 fully saturated rings. The van der Waals surface area contributed by atoms with Crippen molar-refractivity contribution in [2.24, 2.45) is 5.92 Å². The number of ether oxygens (including phenoxy) is 1. The van der Waals surface area contributed by atoms with Gasteiger partial charge < -0.3 is 10.1 Å². The SMILES string of the molecule is C=C(C)c1ccc(CC(C#N)NC(=O)C2C3CCC(C3)N2C(=O)OC(C)(C)C)cc1. The second-order valence-corrected chi connectivity index (χ2v) is 9.43. The molecule has 1 aliphatic carbocycles. The maximum atomic E-state index is 13.1. The molecule has 0 spiro atoms. The number of amides is 2. The zero-order valence-electron chi connectivity index (χ0n) is 18.3. The highest BCUT2D eigenvalue weighted by atomic mass is 16.6. The molecule has 160 valence electrons. The molecule has 6 heteroatoms. The third-order valence-corrected chi connectivity index (χ3v) is 5.82. The number of nitrogens with one attached hydrogen (secondary N) is 1. The smallest absolute Gasteiger partial charge is 0.411 e. The molecule has 1 aromatic carbocycles. The van der Waals surface area contributed by atoms with Crippen molar-refractivity contribution in [1.29, 1.82) is 5.26 Å². The molecule has 2 aliphatic rings. The van der Waals surface area contributed by atoms with E-state index >= 15 is 0 Å². The first-order valence-corrected chi connectivity index (χ1v) is 10.5. The largest absolute Gasteiger partial charge is 0.444 e. The summed E-state index contributed by atoms with van der Waals surface area (Å²) in [4.78, 5) is 27.4. The Hall–Kier alpha value is -2.81. The Balaban J connectivity index is 1.68. The van der Waals surface area contributed by atoms with Gasteiger partial charge in [-0.05, 0) is 64.0 Å². The number of nitriles is 1. The normalized spacial score (nSPS) is 23.6. The fraction of sp³-hybridized carbons (Fsp3) is 0.542. The van der Waals surface area contributed by atoms with Crippen LogP contribution in [-0.2, 0) is 16.0 Å². The van der Waals surface area contributed by atoms with Gasteiger partial charge in [0.1, 0.15) is 17.7 Å². The molecule has 1 heterocycles. The summed E-state index contributed by atoms with van der Waals surface area (Å²) in [7, 11) is 0. The summed E-state index contributed by atoms with van der Waals surface area (Å²) in [6, 6.07) is 8.83. The Morgan fingerprint density at radius 1 is 1.30 bits per heavy atom. The van der Waals surface area contributed by atoms with Crippen molar-refractivity contribution in [3.8, 4) is 6.07 Å². The molecule has 4 atom stereocenters. The summed E-state index contributed by atoms with van der Waals surface area (Å²) in [5, 5.41) is 12.5. The maximum absolute atomic E-state index is 13.1. The molecule has 30 heavy (non-hydrogen) atoms. The Morgan fingerprint density at radius 2 is 1.97 bits per heavy atom. The molecule has 0 aromatic heterocycles. The maximum Gasteiger partial charge on any atom is 0.411 e. The molecule has 4 unspecified atom stereocenters. The van der Waals surface area contributed by atoms with E-state index in [2.05, 4.69) is 18.0 Å². The van der Waals surface area contributed by atoms with Crippen LogP contribution in [-0.4, -0.2) is 40.6 Å². The molecule has 1 aliphatic heterocycles. The monoisotopic (exact) mass is 409 g/mol. The van der Waals surface area contributed by atoms with Gasteiger partial charge in [0.15, 0.2) is 0 Å². The summed E-state index contributed by atoms with van der Waals surface area (Å²) in [5.41, 5.74) is 2.37. The number of carbonyl (C=O) groups excluding carboxylic acids is 2. The predicted octanol–water partition coefficient (Wildman–Crippen LogP) is 4.06. The molecule has 1 N–H and O–H groups in total. The fourth-order valence-electron chi connectivity index (χ4n) is 4.45. The highest BCUT2D eigenvalue weighted by Gasteiger charge is 2.52. The van der Waals surface area contributed by atoms with E-state index in [0.717, 1.165) is 36.0 Å². The Bertz CT molecular complexity index is 863. The summed E-state index contributed by atoms with van der Waals surface area (Å²) in [5.74, 6) is -0.144. The predicted molar refractivity (Wildman–Crippen MR) is 115 cm³/mol. The van der Waals surface area contributed by atoms with Crippen molar-refractivity contribution in [2.75, 3.05) is 0 Å². The molecule has 3 rings (SSSR count). The number of hydrogen-bond acceptors (Lipinski definition) is 4. The number of benzene rings is 1. The van der Waals surface area contributed by atoms with Crippen molar-refractivity contribution >= 4 is 17.6 Å². The first-order valence-electron chi connectivity index (χ1n) is 10.5. The van der Waals surface area contributed by atoms with Gasteiger partial charge in [0.05, 0.1) is 6.07 Å². The molecule has 2 amide bonds. The van der Waals surface area contributed by atoms with Crippen LogP contribution in [0.25, 0.3) is 5.57 Å². The van der Waals surface area contributed by atoms with E-state index in [4.69, 9.17) is 4.74 Å². The number of carbonyl (C=O) groups is 2. The zero-order chi connectivity index (χ0) is 22.1. The van der Waals surface area contributed by atoms with Crippen LogP contribution in [0.4, 0.5) is 4.79 Å². The minimum atomic E-state index is -0.659. The minimum absolute atomic E-state index is 0.0378. The van der Waals surface area contributed by atoms with Crippen molar-refractivity contribution in [3.63, 3.8) is 0 Å². The van der Waals surface area contributed by atoms with E-state index in [0.29, 0.717) is 6.42 Å². The van der Waals surface area contributed by atoms with Gasteiger partial charge in [-0.25, -0.2) is 4.79 Å². The quantitative estimate of drug-likeness (QED) is 0.795. The van der Waals surface area contributed by atoms with Crippen molar-refractivity contribution in [3.05, 3.63) is 42.0 Å². The van der Waals surface area contributed by atoms with Crippen LogP contribution in [0.5, 0.6) is 0 Å². The molecule has 1 saturated carbocycles. The number of fused-ring (bicyclic) bond motifs is 2. The lowest BCUT2D eigenvalue weighted by atomic mass is 9.97. The minimum Gasteiger partial charge on any atom is -0.444 e. The van der Waals surface area contributed by atoms with E-state index in [9.17, 15) is 14.9 Å². The highest BCUT2D eigenvalue weighted by molar-refractivity contribution is 5.87.